The fourth-order valence-corrected chi connectivity index (χ4v) is 5.44. The van der Waals surface area contributed by atoms with Crippen LogP contribution < -0.4 is 10.4 Å². The normalized spacial score (nSPS) is 16.9. The van der Waals surface area contributed by atoms with Gasteiger partial charge in [-0.25, -0.2) is 9.97 Å². The SMILES string of the molecule is Cc1sc(N/N=C2\C(=O)N(c3nc(-c4ccccc4)cs3)N=C2c2ccccc2)nc1C1CC1. The summed E-state index contributed by atoms with van der Waals surface area (Å²) in [5.41, 5.74) is 7.51. The first-order chi connectivity index (χ1) is 16.7. The molecule has 1 N–H and O–H groups in total. The number of amides is 1. The molecule has 2 aromatic carbocycles. The Labute approximate surface area is 204 Å². The van der Waals surface area contributed by atoms with Crippen molar-refractivity contribution in [1.82, 2.24) is 9.97 Å². The van der Waals surface area contributed by atoms with Gasteiger partial charge in [-0.15, -0.1) is 22.7 Å². The van der Waals surface area contributed by atoms with Crippen molar-refractivity contribution in [1.29, 1.82) is 0 Å². The van der Waals surface area contributed by atoms with Gasteiger partial charge < -0.3 is 0 Å². The fourth-order valence-electron chi connectivity index (χ4n) is 3.81. The van der Waals surface area contributed by atoms with Crippen LogP contribution in [0.4, 0.5) is 10.3 Å². The maximum absolute atomic E-state index is 13.4. The summed E-state index contributed by atoms with van der Waals surface area (Å²) in [6.07, 6.45) is 2.38. The van der Waals surface area contributed by atoms with Gasteiger partial charge in [0.2, 0.25) is 10.3 Å². The lowest BCUT2D eigenvalue weighted by Crippen LogP contribution is -2.28. The minimum absolute atomic E-state index is 0.239. The van der Waals surface area contributed by atoms with Crippen molar-refractivity contribution in [3.63, 3.8) is 0 Å². The Morgan fingerprint density at radius 1 is 1.00 bits per heavy atom. The first-order valence-electron chi connectivity index (χ1n) is 11.0. The van der Waals surface area contributed by atoms with E-state index in [1.807, 2.05) is 66.0 Å². The zero-order valence-electron chi connectivity index (χ0n) is 18.3. The molecule has 168 valence electrons. The van der Waals surface area contributed by atoms with Crippen molar-refractivity contribution in [2.75, 3.05) is 10.4 Å². The Bertz CT molecular complexity index is 1420. The predicted octanol–water partition coefficient (Wildman–Crippen LogP) is 5.67. The Hall–Kier alpha value is -3.69. The smallest absolute Gasteiger partial charge is 0.265 e. The molecule has 0 bridgehead atoms. The first-order valence-corrected chi connectivity index (χ1v) is 12.7. The standard InChI is InChI=1S/C25H20N6OS2/c1-15-20(18-12-13-18)27-24(34-15)29-28-22-21(17-10-6-3-7-11-17)30-31(23(22)32)25-26-19(14-33-25)16-8-4-2-5-9-16/h2-11,14,18H,12-13H2,1H3,(H,27,29)/b28-22-. The van der Waals surface area contributed by atoms with E-state index in [0.29, 0.717) is 21.9 Å². The highest BCUT2D eigenvalue weighted by molar-refractivity contribution is 7.15. The van der Waals surface area contributed by atoms with Gasteiger partial charge in [0, 0.05) is 27.3 Å². The minimum atomic E-state index is -0.323. The third kappa shape index (κ3) is 3.93. The van der Waals surface area contributed by atoms with Crippen LogP contribution in [0.2, 0.25) is 0 Å². The van der Waals surface area contributed by atoms with E-state index in [9.17, 15) is 4.79 Å². The highest BCUT2D eigenvalue weighted by Crippen LogP contribution is 2.43. The van der Waals surface area contributed by atoms with Gasteiger partial charge in [-0.05, 0) is 19.8 Å². The molecule has 0 unspecified atom stereocenters. The Kier molecular flexibility index (Phi) is 5.27. The van der Waals surface area contributed by atoms with Crippen molar-refractivity contribution in [2.45, 2.75) is 25.7 Å². The van der Waals surface area contributed by atoms with Crippen LogP contribution in [0, 0.1) is 6.92 Å². The summed E-state index contributed by atoms with van der Waals surface area (Å²) in [5.74, 6) is 0.240. The Morgan fingerprint density at radius 3 is 2.41 bits per heavy atom. The second kappa shape index (κ2) is 8.58. The molecule has 3 heterocycles. The van der Waals surface area contributed by atoms with Crippen molar-refractivity contribution < 1.29 is 4.79 Å². The number of rotatable bonds is 6. The number of hydrogen-bond donors (Lipinski definition) is 1. The third-order valence-corrected chi connectivity index (χ3v) is 7.38. The van der Waals surface area contributed by atoms with Crippen LogP contribution in [0.25, 0.3) is 11.3 Å². The van der Waals surface area contributed by atoms with Gasteiger partial charge in [0.15, 0.2) is 5.71 Å². The molecule has 1 fully saturated rings. The molecular weight excluding hydrogens is 464 g/mol. The molecule has 34 heavy (non-hydrogen) atoms. The molecule has 4 aromatic rings. The molecular formula is C25H20N6OS2. The van der Waals surface area contributed by atoms with E-state index >= 15 is 0 Å². The second-order valence-electron chi connectivity index (χ2n) is 8.12. The Morgan fingerprint density at radius 2 is 1.71 bits per heavy atom. The van der Waals surface area contributed by atoms with Crippen LogP contribution in [0.5, 0.6) is 0 Å². The molecule has 0 atom stereocenters. The number of benzene rings is 2. The molecule has 2 aromatic heterocycles. The van der Waals surface area contributed by atoms with E-state index in [-0.39, 0.29) is 11.6 Å². The van der Waals surface area contributed by atoms with Gasteiger partial charge in [0.05, 0.1) is 11.4 Å². The average Bonchev–Trinajstić information content (AvgIpc) is 3.32. The van der Waals surface area contributed by atoms with Crippen LogP contribution in [-0.4, -0.2) is 27.3 Å². The zero-order valence-corrected chi connectivity index (χ0v) is 19.9. The highest BCUT2D eigenvalue weighted by Gasteiger charge is 2.36. The van der Waals surface area contributed by atoms with E-state index in [2.05, 4.69) is 27.5 Å². The van der Waals surface area contributed by atoms with Crippen molar-refractivity contribution in [3.05, 3.63) is 82.2 Å². The molecule has 1 saturated carbocycles. The van der Waals surface area contributed by atoms with Crippen LogP contribution in [-0.2, 0) is 4.79 Å². The van der Waals surface area contributed by atoms with E-state index < -0.39 is 0 Å². The number of anilines is 2. The van der Waals surface area contributed by atoms with Gasteiger partial charge in [-0.1, -0.05) is 60.7 Å². The average molecular weight is 485 g/mol. The molecule has 7 nitrogen and oxygen atoms in total. The van der Waals surface area contributed by atoms with Gasteiger partial charge in [-0.2, -0.15) is 15.2 Å². The van der Waals surface area contributed by atoms with Crippen LogP contribution in [0.1, 0.15) is 34.9 Å². The van der Waals surface area contributed by atoms with Crippen molar-refractivity contribution in [2.24, 2.45) is 10.2 Å². The number of carbonyl (C=O) groups is 1. The van der Waals surface area contributed by atoms with Crippen molar-refractivity contribution >= 4 is 50.3 Å². The largest absolute Gasteiger partial charge is 0.303 e. The summed E-state index contributed by atoms with van der Waals surface area (Å²) in [7, 11) is 0. The molecule has 0 saturated heterocycles. The number of carbonyl (C=O) groups excluding carboxylic acids is 1. The summed E-state index contributed by atoms with van der Waals surface area (Å²) >= 11 is 2.93. The molecule has 6 rings (SSSR count). The van der Waals surface area contributed by atoms with E-state index in [1.54, 1.807) is 11.3 Å². The predicted molar refractivity (Wildman–Crippen MR) is 138 cm³/mol. The highest BCUT2D eigenvalue weighted by atomic mass is 32.1. The number of nitrogens with zero attached hydrogens (tertiary/aromatic N) is 5. The van der Waals surface area contributed by atoms with E-state index in [0.717, 1.165) is 22.5 Å². The van der Waals surface area contributed by atoms with Crippen LogP contribution in [0.3, 0.4) is 0 Å². The molecule has 1 amide bonds. The van der Waals surface area contributed by atoms with Crippen LogP contribution in [0.15, 0.2) is 76.2 Å². The van der Waals surface area contributed by atoms with E-state index in [1.165, 1.54) is 34.1 Å². The topological polar surface area (TPSA) is 82.8 Å². The lowest BCUT2D eigenvalue weighted by atomic mass is 10.1. The lowest BCUT2D eigenvalue weighted by molar-refractivity contribution is -0.112. The second-order valence-corrected chi connectivity index (χ2v) is 10.2. The van der Waals surface area contributed by atoms with Gasteiger partial charge >= 0.3 is 5.91 Å². The summed E-state index contributed by atoms with van der Waals surface area (Å²) in [5, 5.41) is 13.6. The maximum atomic E-state index is 13.4. The zero-order chi connectivity index (χ0) is 23.1. The minimum Gasteiger partial charge on any atom is -0.265 e. The third-order valence-electron chi connectivity index (χ3n) is 5.67. The molecule has 2 aliphatic rings. The summed E-state index contributed by atoms with van der Waals surface area (Å²) < 4.78 is 0. The summed E-state index contributed by atoms with van der Waals surface area (Å²) in [4.78, 5) is 24.0. The monoisotopic (exact) mass is 484 g/mol. The number of aryl methyl sites for hydroxylation is 1. The van der Waals surface area contributed by atoms with Gasteiger partial charge in [0.25, 0.3) is 0 Å². The van der Waals surface area contributed by atoms with Crippen molar-refractivity contribution in [3.8, 4) is 11.3 Å². The number of hydrazone groups is 2. The summed E-state index contributed by atoms with van der Waals surface area (Å²) in [6, 6.07) is 19.5. The molecule has 0 spiro atoms. The first kappa shape index (κ1) is 20.9. The van der Waals surface area contributed by atoms with Gasteiger partial charge in [-0.3, -0.25) is 10.2 Å². The number of nitrogens with one attached hydrogen (secondary N) is 1. The number of thiazole rings is 2. The Balaban J connectivity index is 1.33. The van der Waals surface area contributed by atoms with E-state index in [4.69, 9.17) is 4.98 Å². The van der Waals surface area contributed by atoms with Gasteiger partial charge in [0.1, 0.15) is 5.71 Å². The maximum Gasteiger partial charge on any atom is 0.303 e. The summed E-state index contributed by atoms with van der Waals surface area (Å²) in [6.45, 7) is 2.08. The number of hydrogen-bond acceptors (Lipinski definition) is 8. The fraction of sp³-hybridized carbons (Fsp3) is 0.160. The number of aromatic nitrogens is 2. The quantitative estimate of drug-likeness (QED) is 0.357. The molecule has 0 radical (unpaired) electrons. The van der Waals surface area contributed by atoms with Crippen LogP contribution >= 0.6 is 22.7 Å². The molecule has 9 heteroatoms. The lowest BCUT2D eigenvalue weighted by Gasteiger charge is -2.06. The molecule has 1 aliphatic heterocycles. The molecule has 1 aliphatic carbocycles.